The third-order valence-corrected chi connectivity index (χ3v) is 4.69. The van der Waals surface area contributed by atoms with E-state index in [1.54, 1.807) is 24.3 Å². The van der Waals surface area contributed by atoms with Gasteiger partial charge in [0.05, 0.1) is 18.4 Å². The van der Waals surface area contributed by atoms with Crippen molar-refractivity contribution in [2.75, 3.05) is 11.9 Å². The van der Waals surface area contributed by atoms with Crippen molar-refractivity contribution in [3.8, 4) is 5.75 Å². The van der Waals surface area contributed by atoms with Crippen LogP contribution in [0.25, 0.3) is 0 Å². The van der Waals surface area contributed by atoms with Crippen LogP contribution < -0.4 is 10.1 Å². The number of unbranched alkanes of at least 4 members (excludes halogenated alkanes) is 6. The van der Waals surface area contributed by atoms with Gasteiger partial charge in [0.2, 0.25) is 0 Å². The first-order valence-corrected chi connectivity index (χ1v) is 10.8. The molecule has 5 nitrogen and oxygen atoms in total. The molecule has 2 rings (SSSR count). The average Bonchev–Trinajstić information content (AvgIpc) is 2.76. The van der Waals surface area contributed by atoms with Crippen LogP contribution in [0.3, 0.4) is 0 Å². The Kier molecular flexibility index (Phi) is 10.6. The standard InChI is InChI=1S/C24H29F3N2O3/c1-2-3-4-5-6-7-8-17-31-22-15-13-21(14-16-22)29-23(30)32-28-18-19-9-11-20(12-10-19)24(25,26)27/h9-16,18H,2-8,17H2,1H3,(H,29,30). The number of halogens is 3. The summed E-state index contributed by atoms with van der Waals surface area (Å²) in [6.07, 6.45) is 4.46. The van der Waals surface area contributed by atoms with Gasteiger partial charge >= 0.3 is 12.3 Å². The number of anilines is 1. The first-order chi connectivity index (χ1) is 15.4. The highest BCUT2D eigenvalue weighted by Gasteiger charge is 2.29. The highest BCUT2D eigenvalue weighted by atomic mass is 19.4. The van der Waals surface area contributed by atoms with Crippen molar-refractivity contribution < 1.29 is 27.5 Å². The molecule has 174 valence electrons. The summed E-state index contributed by atoms with van der Waals surface area (Å²) in [5.41, 5.74) is 0.111. The van der Waals surface area contributed by atoms with Gasteiger partial charge in [-0.2, -0.15) is 13.2 Å². The van der Waals surface area contributed by atoms with E-state index in [-0.39, 0.29) is 0 Å². The topological polar surface area (TPSA) is 59.9 Å². The summed E-state index contributed by atoms with van der Waals surface area (Å²) < 4.78 is 43.3. The van der Waals surface area contributed by atoms with Crippen molar-refractivity contribution in [1.29, 1.82) is 0 Å². The number of hydrogen-bond donors (Lipinski definition) is 1. The number of carbonyl (C=O) groups excluding carboxylic acids is 1. The van der Waals surface area contributed by atoms with Crippen LogP contribution in [0.2, 0.25) is 0 Å². The van der Waals surface area contributed by atoms with Crippen molar-refractivity contribution in [3.63, 3.8) is 0 Å². The molecule has 0 saturated carbocycles. The minimum Gasteiger partial charge on any atom is -0.494 e. The Bertz CT molecular complexity index is 835. The van der Waals surface area contributed by atoms with E-state index < -0.39 is 17.8 Å². The van der Waals surface area contributed by atoms with Gasteiger partial charge in [-0.1, -0.05) is 62.7 Å². The molecule has 0 bridgehead atoms. The lowest BCUT2D eigenvalue weighted by Gasteiger charge is -2.08. The predicted octanol–water partition coefficient (Wildman–Crippen LogP) is 7.42. The van der Waals surface area contributed by atoms with Gasteiger partial charge in [0.25, 0.3) is 0 Å². The van der Waals surface area contributed by atoms with Crippen molar-refractivity contribution in [1.82, 2.24) is 0 Å². The number of amides is 1. The van der Waals surface area contributed by atoms with E-state index in [0.717, 1.165) is 36.9 Å². The zero-order valence-corrected chi connectivity index (χ0v) is 18.2. The molecule has 0 unspecified atom stereocenters. The van der Waals surface area contributed by atoms with Gasteiger partial charge in [0, 0.05) is 5.69 Å². The summed E-state index contributed by atoms with van der Waals surface area (Å²) in [6, 6.07) is 11.2. The zero-order chi connectivity index (χ0) is 23.2. The van der Waals surface area contributed by atoms with Crippen LogP contribution >= 0.6 is 0 Å². The molecule has 0 radical (unpaired) electrons. The van der Waals surface area contributed by atoms with E-state index in [2.05, 4.69) is 22.2 Å². The fourth-order valence-electron chi connectivity index (χ4n) is 2.92. The second-order valence-corrected chi connectivity index (χ2v) is 7.35. The molecule has 0 aliphatic carbocycles. The molecule has 0 atom stereocenters. The van der Waals surface area contributed by atoms with E-state index in [4.69, 9.17) is 4.74 Å². The first-order valence-electron chi connectivity index (χ1n) is 10.8. The zero-order valence-electron chi connectivity index (χ0n) is 18.2. The van der Waals surface area contributed by atoms with Gasteiger partial charge in [0.15, 0.2) is 0 Å². The quantitative estimate of drug-likeness (QED) is 0.158. The number of ether oxygens (including phenoxy) is 1. The van der Waals surface area contributed by atoms with Crippen molar-refractivity contribution in [2.45, 2.75) is 58.0 Å². The summed E-state index contributed by atoms with van der Waals surface area (Å²) in [4.78, 5) is 16.5. The van der Waals surface area contributed by atoms with E-state index >= 15 is 0 Å². The van der Waals surface area contributed by atoms with Gasteiger partial charge in [-0.25, -0.2) is 4.79 Å². The van der Waals surface area contributed by atoms with Crippen molar-refractivity contribution >= 4 is 18.0 Å². The van der Waals surface area contributed by atoms with Crippen LogP contribution in [0.1, 0.15) is 63.0 Å². The van der Waals surface area contributed by atoms with Crippen molar-refractivity contribution in [3.05, 3.63) is 59.7 Å². The summed E-state index contributed by atoms with van der Waals surface area (Å²) in [5, 5.41) is 5.99. The summed E-state index contributed by atoms with van der Waals surface area (Å²) in [6.45, 7) is 2.86. The Morgan fingerprint density at radius 1 is 0.938 bits per heavy atom. The van der Waals surface area contributed by atoms with Crippen LogP contribution in [0, 0.1) is 0 Å². The molecule has 32 heavy (non-hydrogen) atoms. The van der Waals surface area contributed by atoms with Crippen LogP contribution in [0.15, 0.2) is 53.7 Å². The molecule has 0 spiro atoms. The van der Waals surface area contributed by atoms with Crippen LogP contribution in [0.4, 0.5) is 23.7 Å². The Hall–Kier alpha value is -3.03. The number of rotatable bonds is 12. The smallest absolute Gasteiger partial charge is 0.437 e. The molecule has 2 aromatic carbocycles. The van der Waals surface area contributed by atoms with E-state index in [1.807, 2.05) is 0 Å². The fourth-order valence-corrected chi connectivity index (χ4v) is 2.92. The molecule has 0 saturated heterocycles. The molecular formula is C24H29F3N2O3. The lowest BCUT2D eigenvalue weighted by Crippen LogP contribution is -2.10. The summed E-state index contributed by atoms with van der Waals surface area (Å²) in [7, 11) is 0. The minimum absolute atomic E-state index is 0.369. The predicted molar refractivity (Wildman–Crippen MR) is 119 cm³/mol. The van der Waals surface area contributed by atoms with Crippen LogP contribution in [0.5, 0.6) is 5.75 Å². The average molecular weight is 451 g/mol. The minimum atomic E-state index is -4.40. The lowest BCUT2D eigenvalue weighted by molar-refractivity contribution is -0.137. The number of hydrogen-bond acceptors (Lipinski definition) is 4. The molecule has 0 aromatic heterocycles. The highest BCUT2D eigenvalue weighted by molar-refractivity contribution is 5.85. The number of oxime groups is 1. The lowest BCUT2D eigenvalue weighted by atomic mass is 10.1. The Labute approximate surface area is 186 Å². The third-order valence-electron chi connectivity index (χ3n) is 4.69. The molecule has 2 aromatic rings. The van der Waals surface area contributed by atoms with Gasteiger partial charge in [0.1, 0.15) is 5.75 Å². The monoisotopic (exact) mass is 450 g/mol. The van der Waals surface area contributed by atoms with E-state index in [1.165, 1.54) is 44.2 Å². The van der Waals surface area contributed by atoms with Gasteiger partial charge in [-0.3, -0.25) is 10.2 Å². The first kappa shape index (κ1) is 25.2. The largest absolute Gasteiger partial charge is 0.494 e. The van der Waals surface area contributed by atoms with Crippen molar-refractivity contribution in [2.24, 2.45) is 5.16 Å². The number of alkyl halides is 3. The number of nitrogens with zero attached hydrogens (tertiary/aromatic N) is 1. The summed E-state index contributed by atoms with van der Waals surface area (Å²) >= 11 is 0. The Morgan fingerprint density at radius 2 is 1.56 bits per heavy atom. The maximum Gasteiger partial charge on any atom is 0.437 e. The molecular weight excluding hydrogens is 421 g/mol. The van der Waals surface area contributed by atoms with Gasteiger partial charge in [-0.05, 0) is 48.4 Å². The highest BCUT2D eigenvalue weighted by Crippen LogP contribution is 2.28. The molecule has 0 aliphatic heterocycles. The van der Waals surface area contributed by atoms with E-state index in [9.17, 15) is 18.0 Å². The molecule has 0 aliphatic rings. The second-order valence-electron chi connectivity index (χ2n) is 7.35. The molecule has 0 heterocycles. The normalized spacial score (nSPS) is 11.5. The number of benzene rings is 2. The van der Waals surface area contributed by atoms with Gasteiger partial charge < -0.3 is 4.74 Å². The maximum absolute atomic E-state index is 12.5. The van der Waals surface area contributed by atoms with Crippen LogP contribution in [-0.2, 0) is 11.0 Å². The van der Waals surface area contributed by atoms with Crippen LogP contribution in [-0.4, -0.2) is 18.9 Å². The number of nitrogens with one attached hydrogen (secondary N) is 1. The maximum atomic E-state index is 12.5. The summed E-state index contributed by atoms with van der Waals surface area (Å²) in [5.74, 6) is 0.718. The third kappa shape index (κ3) is 9.85. The molecule has 1 N–H and O–H groups in total. The second kappa shape index (κ2) is 13.4. The Morgan fingerprint density at radius 3 is 2.19 bits per heavy atom. The molecule has 1 amide bonds. The van der Waals surface area contributed by atoms with Gasteiger partial charge in [-0.15, -0.1) is 0 Å². The SMILES string of the molecule is CCCCCCCCCOc1ccc(NC(=O)ON=Cc2ccc(C(F)(F)F)cc2)cc1. The van der Waals surface area contributed by atoms with E-state index in [0.29, 0.717) is 17.9 Å². The number of carbonyl (C=O) groups is 1. The molecule has 0 fully saturated rings. The molecule has 8 heteroatoms. The Balaban J connectivity index is 1.66. The fraction of sp³-hybridized carbons (Fsp3) is 0.417.